The second-order valence-corrected chi connectivity index (χ2v) is 8.99. The quantitative estimate of drug-likeness (QED) is 0.242. The van der Waals surface area contributed by atoms with Crippen molar-refractivity contribution < 1.29 is 43.2 Å². The molecule has 3 aromatic carbocycles. The Balaban J connectivity index is 0.000000400. The van der Waals surface area contributed by atoms with Crippen LogP contribution in [-0.2, 0) is 30.3 Å². The van der Waals surface area contributed by atoms with Gasteiger partial charge < -0.3 is 5.11 Å². The van der Waals surface area contributed by atoms with E-state index in [1.807, 2.05) is 36.4 Å². The number of ketones is 1. The Labute approximate surface area is 221 Å². The molecule has 3 nitrogen and oxygen atoms in total. The Morgan fingerprint density at radius 2 is 1.69 bits per heavy atom. The number of carbonyl (C=O) groups excluding carboxylic acids is 1. The number of fused-ring (bicyclic) bond motifs is 4. The SMILES string of the molecule is CC(=O)CC(C)O.CC1(C(F)(F)F)c2ccccc2-c2c[c-]c(-c3ccc4ccccc4n3)cc21.[Ir]. The van der Waals surface area contributed by atoms with Gasteiger partial charge in [-0.05, 0) is 43.5 Å². The number of Topliss-reactive ketones (excluding diaryl/α,β-unsaturated/α-hetero) is 1. The number of rotatable bonds is 3. The van der Waals surface area contributed by atoms with Crippen molar-refractivity contribution in [1.29, 1.82) is 0 Å². The van der Waals surface area contributed by atoms with Gasteiger partial charge in [-0.2, -0.15) is 13.2 Å². The maximum Gasteiger partial charge on any atom is 0.400 e. The number of para-hydroxylation sites is 1. The second-order valence-electron chi connectivity index (χ2n) is 8.99. The molecule has 2 unspecified atom stereocenters. The third kappa shape index (κ3) is 5.15. The number of carbonyl (C=O) groups is 1. The van der Waals surface area contributed by atoms with Crippen LogP contribution >= 0.6 is 0 Å². The molecule has 7 heteroatoms. The largest absolute Gasteiger partial charge is 0.400 e. The number of aliphatic hydroxyl groups excluding tert-OH is 1. The summed E-state index contributed by atoms with van der Waals surface area (Å²) in [6.45, 7) is 4.32. The average molecular weight is 669 g/mol. The maximum absolute atomic E-state index is 14.2. The normalized spacial score (nSPS) is 16.8. The molecule has 1 radical (unpaired) electrons. The molecule has 0 saturated carbocycles. The van der Waals surface area contributed by atoms with E-state index in [0.29, 0.717) is 22.4 Å². The molecule has 0 saturated heterocycles. The standard InChI is InChI=1S/C24H15F3N.C5H10O2.Ir/c1-23(24(25,26)27)19-8-4-3-7-17(19)18-12-10-16(14-20(18)23)22-13-11-15-6-2-5-9-21(15)28-22;1-4(6)3-5(2)7;/h2-9,11-14H,1H3;4,6H,3H2,1-2H3;/q-1;;. The number of hydrogen-bond donors (Lipinski definition) is 1. The van der Waals surface area contributed by atoms with E-state index in [4.69, 9.17) is 5.11 Å². The van der Waals surface area contributed by atoms with Gasteiger partial charge in [0.15, 0.2) is 0 Å². The predicted molar refractivity (Wildman–Crippen MR) is 131 cm³/mol. The fourth-order valence-corrected chi connectivity index (χ4v) is 4.51. The van der Waals surface area contributed by atoms with Gasteiger partial charge in [0.1, 0.15) is 5.78 Å². The summed E-state index contributed by atoms with van der Waals surface area (Å²) in [7, 11) is 0. The molecule has 0 fully saturated rings. The Morgan fingerprint density at radius 3 is 2.33 bits per heavy atom. The molecule has 0 spiro atoms. The number of halogens is 3. The molecule has 2 atom stereocenters. The van der Waals surface area contributed by atoms with Gasteiger partial charge in [-0.1, -0.05) is 65.7 Å². The molecule has 1 aliphatic carbocycles. The summed E-state index contributed by atoms with van der Waals surface area (Å²) in [5.74, 6) is 0.0370. The van der Waals surface area contributed by atoms with Gasteiger partial charge in [-0.15, -0.1) is 29.3 Å². The molecule has 5 rings (SSSR count). The second kappa shape index (κ2) is 10.6. The van der Waals surface area contributed by atoms with Crippen molar-refractivity contribution in [3.8, 4) is 22.4 Å². The number of alkyl halides is 3. The van der Waals surface area contributed by atoms with Crippen molar-refractivity contribution in [1.82, 2.24) is 4.98 Å². The first-order valence-corrected chi connectivity index (χ1v) is 11.3. The van der Waals surface area contributed by atoms with Crippen LogP contribution in [0.1, 0.15) is 38.3 Å². The molecule has 0 aliphatic heterocycles. The summed E-state index contributed by atoms with van der Waals surface area (Å²) in [6.07, 6.45) is -4.61. The Morgan fingerprint density at radius 1 is 1.03 bits per heavy atom. The van der Waals surface area contributed by atoms with Crippen LogP contribution in [-0.4, -0.2) is 28.2 Å². The van der Waals surface area contributed by atoms with Crippen molar-refractivity contribution in [2.24, 2.45) is 0 Å². The molecule has 36 heavy (non-hydrogen) atoms. The van der Waals surface area contributed by atoms with Crippen molar-refractivity contribution in [2.75, 3.05) is 0 Å². The van der Waals surface area contributed by atoms with E-state index in [1.165, 1.54) is 13.8 Å². The van der Waals surface area contributed by atoms with Gasteiger partial charge in [0.2, 0.25) is 0 Å². The molecular formula is C29H25F3IrNO2-. The Hall–Kier alpha value is -2.86. The van der Waals surface area contributed by atoms with E-state index in [-0.39, 0.29) is 43.4 Å². The summed E-state index contributed by atoms with van der Waals surface area (Å²) in [5.41, 5.74) is 1.66. The fraction of sp³-hybridized carbons (Fsp3) is 0.241. The van der Waals surface area contributed by atoms with Crippen LogP contribution in [0.3, 0.4) is 0 Å². The van der Waals surface area contributed by atoms with Crippen molar-refractivity contribution >= 4 is 16.7 Å². The summed E-state index contributed by atoms with van der Waals surface area (Å²) in [5, 5.41) is 9.49. The van der Waals surface area contributed by atoms with Crippen LogP contribution in [0.15, 0.2) is 72.8 Å². The fourth-order valence-electron chi connectivity index (χ4n) is 4.51. The van der Waals surface area contributed by atoms with E-state index in [9.17, 15) is 18.0 Å². The summed E-state index contributed by atoms with van der Waals surface area (Å²) in [6, 6.07) is 24.6. The minimum Gasteiger partial charge on any atom is -0.393 e. The number of hydrogen-bond acceptors (Lipinski definition) is 3. The zero-order valence-corrected chi connectivity index (χ0v) is 22.4. The summed E-state index contributed by atoms with van der Waals surface area (Å²) in [4.78, 5) is 14.7. The molecule has 1 N–H and O–H groups in total. The summed E-state index contributed by atoms with van der Waals surface area (Å²) >= 11 is 0. The number of aromatic nitrogens is 1. The smallest absolute Gasteiger partial charge is 0.393 e. The summed E-state index contributed by atoms with van der Waals surface area (Å²) < 4.78 is 42.7. The number of benzene rings is 3. The van der Waals surface area contributed by atoms with Crippen LogP contribution in [0.5, 0.6) is 0 Å². The van der Waals surface area contributed by atoms with Gasteiger partial charge in [-0.25, -0.2) is 0 Å². The first-order valence-electron chi connectivity index (χ1n) is 11.3. The third-order valence-electron chi connectivity index (χ3n) is 6.27. The molecule has 0 bridgehead atoms. The van der Waals surface area contributed by atoms with Gasteiger partial charge in [0, 0.05) is 26.5 Å². The number of pyridine rings is 1. The van der Waals surface area contributed by atoms with Gasteiger partial charge in [0.25, 0.3) is 0 Å². The first-order chi connectivity index (χ1) is 16.5. The third-order valence-corrected chi connectivity index (χ3v) is 6.27. The van der Waals surface area contributed by atoms with E-state index in [2.05, 4.69) is 11.1 Å². The molecule has 1 aromatic heterocycles. The minimum absolute atomic E-state index is 0. The van der Waals surface area contributed by atoms with E-state index < -0.39 is 17.7 Å². The van der Waals surface area contributed by atoms with E-state index in [1.54, 1.807) is 43.3 Å². The van der Waals surface area contributed by atoms with Crippen LogP contribution < -0.4 is 0 Å². The average Bonchev–Trinajstić information content (AvgIpc) is 3.08. The monoisotopic (exact) mass is 669 g/mol. The minimum atomic E-state index is -4.41. The van der Waals surface area contributed by atoms with Crippen molar-refractivity contribution in [3.63, 3.8) is 0 Å². The Kier molecular flexibility index (Phi) is 8.19. The van der Waals surface area contributed by atoms with E-state index in [0.717, 1.165) is 10.9 Å². The van der Waals surface area contributed by atoms with Crippen LogP contribution in [0.2, 0.25) is 0 Å². The van der Waals surface area contributed by atoms with Crippen LogP contribution in [0.4, 0.5) is 13.2 Å². The Bertz CT molecular complexity index is 1400. The number of aliphatic hydroxyl groups is 1. The van der Waals surface area contributed by atoms with Crippen molar-refractivity contribution in [2.45, 2.75) is 44.9 Å². The topological polar surface area (TPSA) is 50.2 Å². The predicted octanol–water partition coefficient (Wildman–Crippen LogP) is 6.89. The van der Waals surface area contributed by atoms with E-state index >= 15 is 0 Å². The van der Waals surface area contributed by atoms with Crippen LogP contribution in [0, 0.1) is 6.07 Å². The zero-order valence-electron chi connectivity index (χ0n) is 20.0. The van der Waals surface area contributed by atoms with Crippen molar-refractivity contribution in [3.05, 3.63) is 90.0 Å². The first kappa shape index (κ1) is 27.7. The zero-order chi connectivity index (χ0) is 25.4. The van der Waals surface area contributed by atoms with Gasteiger partial charge in [0.05, 0.1) is 17.0 Å². The molecule has 4 aromatic rings. The molecular weight excluding hydrogens is 644 g/mol. The van der Waals surface area contributed by atoms with Gasteiger partial charge >= 0.3 is 6.18 Å². The number of nitrogens with zero attached hydrogens (tertiary/aromatic N) is 1. The molecule has 1 heterocycles. The van der Waals surface area contributed by atoms with Gasteiger partial charge in [-0.3, -0.25) is 9.78 Å². The molecule has 1 aliphatic rings. The van der Waals surface area contributed by atoms with Crippen LogP contribution in [0.25, 0.3) is 33.3 Å². The maximum atomic E-state index is 14.2. The molecule has 0 amide bonds. The molecule has 189 valence electrons.